The molecule has 8 rings (SSSR count). The number of allylic oxidation sites excluding steroid dienone is 2. The molecule has 9 nitrogen and oxygen atoms in total. The lowest BCUT2D eigenvalue weighted by Gasteiger charge is -2.26. The Hall–Kier alpha value is -9.21. The van der Waals surface area contributed by atoms with Gasteiger partial charge in [-0.15, -0.1) is 0 Å². The van der Waals surface area contributed by atoms with Crippen LogP contribution in [0.2, 0.25) is 0 Å². The van der Waals surface area contributed by atoms with Gasteiger partial charge in [0.25, 0.3) is 0 Å². The molecular formula is C74H80O9. The van der Waals surface area contributed by atoms with Gasteiger partial charge in [0.15, 0.2) is 11.6 Å². The van der Waals surface area contributed by atoms with Gasteiger partial charge < -0.3 is 18.9 Å². The summed E-state index contributed by atoms with van der Waals surface area (Å²) in [7, 11) is 5.75. The summed E-state index contributed by atoms with van der Waals surface area (Å²) < 4.78 is 18.6. The summed E-state index contributed by atoms with van der Waals surface area (Å²) in [6.45, 7) is 11.7. The van der Waals surface area contributed by atoms with Gasteiger partial charge >= 0.3 is 17.9 Å². The van der Waals surface area contributed by atoms with Crippen molar-refractivity contribution in [2.45, 2.75) is 79.6 Å². The number of rotatable bonds is 15. The average molecular weight is 1110 g/mol. The van der Waals surface area contributed by atoms with Gasteiger partial charge in [0.1, 0.15) is 5.75 Å². The van der Waals surface area contributed by atoms with Crippen molar-refractivity contribution < 1.29 is 42.9 Å². The zero-order chi connectivity index (χ0) is 60.4. The first-order chi connectivity index (χ1) is 40.0. The molecule has 0 radical (unpaired) electrons. The zero-order valence-electron chi connectivity index (χ0n) is 49.8. The molecule has 0 unspecified atom stereocenters. The van der Waals surface area contributed by atoms with Crippen LogP contribution in [0, 0.1) is 19.8 Å². The molecule has 7 aromatic rings. The number of methoxy groups -OCH3 is 4. The molecule has 9 heteroatoms. The minimum Gasteiger partial charge on any atom is -0.497 e. The van der Waals surface area contributed by atoms with Gasteiger partial charge in [0.2, 0.25) is 0 Å². The summed E-state index contributed by atoms with van der Waals surface area (Å²) in [4.78, 5) is 54.3. The van der Waals surface area contributed by atoms with E-state index in [4.69, 9.17) is 4.74 Å². The third kappa shape index (κ3) is 26.3. The number of aryl methyl sites for hydroxylation is 3. The fourth-order valence-corrected chi connectivity index (χ4v) is 8.24. The number of esters is 3. The van der Waals surface area contributed by atoms with Crippen LogP contribution in [0.4, 0.5) is 0 Å². The standard InChI is InChI=1S/C18H18O.C17H22O2.C17H16O2.2C11H12O2/c1-3-15-6-10-17(11-7-15)18-12-8-16(9-13-18)5-4-14(2)19;2*1-13-3-8-15(9-4-13)16-10-5-14(6-11-16)7-12-17(18)19-2;1-9-3-5-10(6-4-9)7-8-11(12)13-2;1-9(12)3-4-10-5-7-11(13-2)8-6-10/h4-13H,3H2,1-2H3;5-7,10-13,15H,3-4,8-9H2,1-2H3;3-12H,1-2H3;2*3-8H,1-2H3/b5-4+;2*12-7+;8-7+;4-3+. The molecule has 0 heterocycles. The van der Waals surface area contributed by atoms with Gasteiger partial charge in [-0.25, -0.2) is 14.4 Å². The van der Waals surface area contributed by atoms with E-state index in [0.717, 1.165) is 57.4 Å². The third-order valence-corrected chi connectivity index (χ3v) is 13.4. The van der Waals surface area contributed by atoms with Crippen LogP contribution in [0.15, 0.2) is 200 Å². The molecule has 0 atom stereocenters. The molecule has 0 amide bonds. The lowest BCUT2D eigenvalue weighted by Crippen LogP contribution is -2.10. The lowest BCUT2D eigenvalue weighted by molar-refractivity contribution is -0.135. The molecule has 0 bridgehead atoms. The smallest absolute Gasteiger partial charge is 0.330 e. The van der Waals surface area contributed by atoms with E-state index in [1.807, 2.05) is 97.9 Å². The second kappa shape index (κ2) is 36.9. The molecule has 0 N–H and O–H groups in total. The SMILES string of the molecule is CCc1ccc(-c2ccc(/C=C/C(C)=O)cc2)cc1.COC(=O)/C=C/c1ccc(-c2ccc(C)cc2)cc1.COC(=O)/C=C/c1ccc(C)cc1.COC(=O)/C=C/c1ccc(C2CCC(C)CC2)cc1.COc1ccc(/C=C/C(C)=O)cc1. The Morgan fingerprint density at radius 3 is 1.01 bits per heavy atom. The number of carbonyl (C=O) groups is 5. The maximum Gasteiger partial charge on any atom is 0.330 e. The molecule has 1 aliphatic carbocycles. The highest BCUT2D eigenvalue weighted by atomic mass is 16.5. The minimum atomic E-state index is -0.345. The van der Waals surface area contributed by atoms with Crippen LogP contribution in [-0.4, -0.2) is 57.9 Å². The van der Waals surface area contributed by atoms with Crippen molar-refractivity contribution in [1.82, 2.24) is 0 Å². The highest BCUT2D eigenvalue weighted by Crippen LogP contribution is 2.35. The maximum absolute atomic E-state index is 11.0. The lowest BCUT2D eigenvalue weighted by atomic mass is 9.79. The highest BCUT2D eigenvalue weighted by Gasteiger charge is 2.19. The Bertz CT molecular complexity index is 3220. The molecule has 7 aromatic carbocycles. The molecule has 0 saturated heterocycles. The first-order valence-corrected chi connectivity index (χ1v) is 27.8. The van der Waals surface area contributed by atoms with Gasteiger partial charge in [0.05, 0.1) is 28.4 Å². The van der Waals surface area contributed by atoms with E-state index in [9.17, 15) is 24.0 Å². The monoisotopic (exact) mass is 1110 g/mol. The van der Waals surface area contributed by atoms with Gasteiger partial charge in [-0.3, -0.25) is 9.59 Å². The van der Waals surface area contributed by atoms with Crippen molar-refractivity contribution in [3.8, 4) is 28.0 Å². The van der Waals surface area contributed by atoms with E-state index in [1.165, 1.54) is 111 Å². The average Bonchev–Trinajstić information content (AvgIpc) is 3.60. The largest absolute Gasteiger partial charge is 0.497 e. The van der Waals surface area contributed by atoms with E-state index >= 15 is 0 Å². The van der Waals surface area contributed by atoms with Gasteiger partial charge in [0, 0.05) is 18.2 Å². The van der Waals surface area contributed by atoms with Gasteiger partial charge in [-0.05, 0) is 163 Å². The van der Waals surface area contributed by atoms with E-state index in [1.54, 1.807) is 50.5 Å². The number of hydrogen-bond donors (Lipinski definition) is 0. The fraction of sp³-hybridized carbons (Fsp3) is 0.230. The number of benzene rings is 7. The van der Waals surface area contributed by atoms with E-state index in [2.05, 4.69) is 120 Å². The topological polar surface area (TPSA) is 122 Å². The molecule has 83 heavy (non-hydrogen) atoms. The Labute approximate surface area is 492 Å². The highest BCUT2D eigenvalue weighted by molar-refractivity contribution is 5.92. The molecule has 0 aliphatic heterocycles. The van der Waals surface area contributed by atoms with E-state index < -0.39 is 0 Å². The van der Waals surface area contributed by atoms with Crippen LogP contribution < -0.4 is 4.74 Å². The predicted octanol–water partition coefficient (Wildman–Crippen LogP) is 17.0. The van der Waals surface area contributed by atoms with Gasteiger partial charge in [-0.1, -0.05) is 208 Å². The van der Waals surface area contributed by atoms with Crippen LogP contribution in [0.1, 0.15) is 109 Å². The van der Waals surface area contributed by atoms with Crippen molar-refractivity contribution in [3.05, 3.63) is 250 Å². The molecule has 1 fully saturated rings. The molecule has 0 spiro atoms. The first-order valence-electron chi connectivity index (χ1n) is 27.8. The number of ether oxygens (including phenoxy) is 4. The van der Waals surface area contributed by atoms with Crippen LogP contribution in [0.3, 0.4) is 0 Å². The first kappa shape index (κ1) is 66.3. The van der Waals surface area contributed by atoms with Crippen LogP contribution in [0.5, 0.6) is 5.75 Å². The number of carbonyl (C=O) groups excluding carboxylic acids is 5. The number of hydrogen-bond acceptors (Lipinski definition) is 9. The Balaban J connectivity index is 0.000000225. The summed E-state index contributed by atoms with van der Waals surface area (Å²) in [6, 6.07) is 57.3. The minimum absolute atomic E-state index is 0.0517. The molecular weight excluding hydrogens is 1030 g/mol. The van der Waals surface area contributed by atoms with E-state index in [-0.39, 0.29) is 29.5 Å². The third-order valence-electron chi connectivity index (χ3n) is 13.4. The quantitative estimate of drug-likeness (QED) is 0.0561. The second-order valence-electron chi connectivity index (χ2n) is 19.9. The number of ketones is 2. The predicted molar refractivity (Wildman–Crippen MR) is 341 cm³/mol. The molecule has 0 aromatic heterocycles. The summed E-state index contributed by atoms with van der Waals surface area (Å²) in [5, 5.41) is 0. The molecule has 1 aliphatic rings. The second-order valence-corrected chi connectivity index (χ2v) is 19.9. The Kier molecular flexibility index (Phi) is 29.5. The van der Waals surface area contributed by atoms with E-state index in [0.29, 0.717) is 0 Å². The summed E-state index contributed by atoms with van der Waals surface area (Å²) in [5.41, 5.74) is 15.1. The van der Waals surface area contributed by atoms with Crippen molar-refractivity contribution >= 4 is 59.9 Å². The maximum atomic E-state index is 11.0. The summed E-state index contributed by atoms with van der Waals surface area (Å²) in [5.74, 6) is 1.55. The van der Waals surface area contributed by atoms with Crippen LogP contribution in [0.25, 0.3) is 52.6 Å². The zero-order valence-corrected chi connectivity index (χ0v) is 49.8. The molecule has 1 saturated carbocycles. The van der Waals surface area contributed by atoms with Crippen LogP contribution in [-0.2, 0) is 44.6 Å². The van der Waals surface area contributed by atoms with Crippen molar-refractivity contribution in [2.24, 2.45) is 5.92 Å². The van der Waals surface area contributed by atoms with Crippen molar-refractivity contribution in [1.29, 1.82) is 0 Å². The normalized spacial score (nSPS) is 13.5. The van der Waals surface area contributed by atoms with Gasteiger partial charge in [-0.2, -0.15) is 0 Å². The summed E-state index contributed by atoms with van der Waals surface area (Å²) in [6.07, 6.45) is 22.6. The Morgan fingerprint density at radius 2 is 0.687 bits per heavy atom. The molecule has 430 valence electrons. The van der Waals surface area contributed by atoms with Crippen LogP contribution >= 0.6 is 0 Å². The summed E-state index contributed by atoms with van der Waals surface area (Å²) >= 11 is 0. The van der Waals surface area contributed by atoms with Crippen molar-refractivity contribution in [3.63, 3.8) is 0 Å². The van der Waals surface area contributed by atoms with Crippen molar-refractivity contribution in [2.75, 3.05) is 28.4 Å². The fourth-order valence-electron chi connectivity index (χ4n) is 8.24. The Morgan fingerprint density at radius 1 is 0.398 bits per heavy atom.